The minimum Gasteiger partial charge on any atom is -0.398 e. The van der Waals surface area contributed by atoms with Gasteiger partial charge in [0.15, 0.2) is 5.78 Å². The molecule has 92 valence electrons. The summed E-state index contributed by atoms with van der Waals surface area (Å²) in [7, 11) is 0. The molecule has 2 unspecified atom stereocenters. The Labute approximate surface area is 102 Å². The fourth-order valence-electron chi connectivity index (χ4n) is 2.28. The van der Waals surface area contributed by atoms with Gasteiger partial charge in [-0.3, -0.25) is 4.79 Å². The molecule has 3 nitrogen and oxygen atoms in total. The molecule has 3 N–H and O–H groups in total. The van der Waals surface area contributed by atoms with E-state index in [0.717, 1.165) is 11.6 Å². The molecule has 1 fully saturated rings. The highest BCUT2D eigenvalue weighted by Gasteiger charge is 2.35. The number of ketones is 1. The number of anilines is 2. The maximum atomic E-state index is 11.4. The fourth-order valence-corrected chi connectivity index (χ4v) is 2.28. The second-order valence-corrected chi connectivity index (χ2v) is 4.89. The van der Waals surface area contributed by atoms with E-state index >= 15 is 0 Å². The first-order valence-corrected chi connectivity index (χ1v) is 6.28. The van der Waals surface area contributed by atoms with E-state index in [4.69, 9.17) is 5.73 Å². The van der Waals surface area contributed by atoms with Gasteiger partial charge in [-0.05, 0) is 43.9 Å². The van der Waals surface area contributed by atoms with Gasteiger partial charge in [0.05, 0.1) is 0 Å². The Balaban J connectivity index is 2.03. The van der Waals surface area contributed by atoms with Gasteiger partial charge in [-0.2, -0.15) is 0 Å². The largest absolute Gasteiger partial charge is 0.398 e. The lowest BCUT2D eigenvalue weighted by Crippen LogP contribution is -2.07. The number of nitrogens with one attached hydrogen (secondary N) is 1. The van der Waals surface area contributed by atoms with Crippen LogP contribution in [0.4, 0.5) is 11.4 Å². The van der Waals surface area contributed by atoms with E-state index in [1.165, 1.54) is 19.3 Å². The highest BCUT2D eigenvalue weighted by atomic mass is 16.1. The van der Waals surface area contributed by atoms with Crippen molar-refractivity contribution in [3.05, 3.63) is 23.8 Å². The van der Waals surface area contributed by atoms with Crippen molar-refractivity contribution in [2.45, 2.75) is 39.2 Å². The molecule has 1 saturated carbocycles. The standard InChI is InChI=1S/C14H20N2O/c1-3-4-10-7-14(10)16-11-5-6-13(15)12(8-11)9(2)17/h5-6,8,10,14,16H,3-4,7,15H2,1-2H3. The van der Waals surface area contributed by atoms with Crippen molar-refractivity contribution in [2.24, 2.45) is 5.92 Å². The van der Waals surface area contributed by atoms with Crippen LogP contribution in [0.25, 0.3) is 0 Å². The molecule has 2 rings (SSSR count). The third-order valence-corrected chi connectivity index (χ3v) is 3.37. The molecule has 0 bridgehead atoms. The zero-order valence-electron chi connectivity index (χ0n) is 10.5. The summed E-state index contributed by atoms with van der Waals surface area (Å²) in [6.45, 7) is 3.76. The fraction of sp³-hybridized carbons (Fsp3) is 0.500. The van der Waals surface area contributed by atoms with Crippen LogP contribution in [0.3, 0.4) is 0 Å². The first-order valence-electron chi connectivity index (χ1n) is 6.28. The number of Topliss-reactive ketones (excluding diaryl/α,β-unsaturated/α-hetero) is 1. The molecule has 1 aliphatic rings. The van der Waals surface area contributed by atoms with Crippen LogP contribution >= 0.6 is 0 Å². The number of hydrogen-bond donors (Lipinski definition) is 2. The number of nitrogen functional groups attached to an aromatic ring is 1. The molecule has 0 saturated heterocycles. The van der Waals surface area contributed by atoms with Gasteiger partial charge in [0.2, 0.25) is 0 Å². The molecule has 0 heterocycles. The summed E-state index contributed by atoms with van der Waals surface area (Å²) in [6, 6.07) is 6.19. The molecule has 1 aromatic carbocycles. The lowest BCUT2D eigenvalue weighted by Gasteiger charge is -2.09. The molecular formula is C14H20N2O. The summed E-state index contributed by atoms with van der Waals surface area (Å²) in [4.78, 5) is 11.4. The van der Waals surface area contributed by atoms with Gasteiger partial charge in [0.25, 0.3) is 0 Å². The maximum absolute atomic E-state index is 11.4. The van der Waals surface area contributed by atoms with E-state index in [9.17, 15) is 4.79 Å². The molecule has 0 aromatic heterocycles. The molecular weight excluding hydrogens is 212 g/mol. The lowest BCUT2D eigenvalue weighted by atomic mass is 10.1. The Bertz CT molecular complexity index is 428. The van der Waals surface area contributed by atoms with Gasteiger partial charge in [-0.1, -0.05) is 13.3 Å². The Kier molecular flexibility index (Phi) is 3.36. The lowest BCUT2D eigenvalue weighted by molar-refractivity contribution is 0.101. The second kappa shape index (κ2) is 4.78. The highest BCUT2D eigenvalue weighted by Crippen LogP contribution is 2.37. The molecule has 1 aliphatic carbocycles. The van der Waals surface area contributed by atoms with E-state index < -0.39 is 0 Å². The van der Waals surface area contributed by atoms with Crippen LogP contribution < -0.4 is 11.1 Å². The Morgan fingerprint density at radius 3 is 2.94 bits per heavy atom. The van der Waals surface area contributed by atoms with Gasteiger partial charge >= 0.3 is 0 Å². The zero-order valence-corrected chi connectivity index (χ0v) is 10.5. The van der Waals surface area contributed by atoms with Crippen LogP contribution in [0.5, 0.6) is 0 Å². The maximum Gasteiger partial charge on any atom is 0.161 e. The van der Waals surface area contributed by atoms with Gasteiger partial charge < -0.3 is 11.1 Å². The SMILES string of the molecule is CCCC1CC1Nc1ccc(N)c(C(C)=O)c1. The Morgan fingerprint density at radius 1 is 1.53 bits per heavy atom. The summed E-state index contributed by atoms with van der Waals surface area (Å²) in [5, 5.41) is 3.47. The average molecular weight is 232 g/mol. The summed E-state index contributed by atoms with van der Waals surface area (Å²) >= 11 is 0. The molecule has 0 spiro atoms. The van der Waals surface area contributed by atoms with E-state index in [2.05, 4.69) is 12.2 Å². The molecule has 3 heteroatoms. The van der Waals surface area contributed by atoms with Gasteiger partial charge in [-0.25, -0.2) is 0 Å². The summed E-state index contributed by atoms with van der Waals surface area (Å²) in [6.07, 6.45) is 3.77. The monoisotopic (exact) mass is 232 g/mol. The predicted octanol–water partition coefficient (Wildman–Crippen LogP) is 3.07. The van der Waals surface area contributed by atoms with E-state index in [-0.39, 0.29) is 5.78 Å². The van der Waals surface area contributed by atoms with Gasteiger partial charge in [0.1, 0.15) is 0 Å². The molecule has 2 atom stereocenters. The molecule has 0 aliphatic heterocycles. The van der Waals surface area contributed by atoms with Crippen molar-refractivity contribution in [1.29, 1.82) is 0 Å². The number of hydrogen-bond acceptors (Lipinski definition) is 3. The average Bonchev–Trinajstić information content (AvgIpc) is 2.99. The van der Waals surface area contributed by atoms with Crippen LogP contribution in [0.2, 0.25) is 0 Å². The van der Waals surface area contributed by atoms with Crippen LogP contribution in [-0.4, -0.2) is 11.8 Å². The second-order valence-electron chi connectivity index (χ2n) is 4.89. The first kappa shape index (κ1) is 12.0. The smallest absolute Gasteiger partial charge is 0.161 e. The van der Waals surface area contributed by atoms with Crippen molar-refractivity contribution >= 4 is 17.2 Å². The van der Waals surface area contributed by atoms with Gasteiger partial charge in [0, 0.05) is 23.0 Å². The topological polar surface area (TPSA) is 55.1 Å². The number of benzene rings is 1. The molecule has 17 heavy (non-hydrogen) atoms. The molecule has 0 amide bonds. The third-order valence-electron chi connectivity index (χ3n) is 3.37. The minimum atomic E-state index is 0.0204. The molecule has 1 aromatic rings. The van der Waals surface area contributed by atoms with Crippen LogP contribution in [0.15, 0.2) is 18.2 Å². The van der Waals surface area contributed by atoms with Crippen LogP contribution in [-0.2, 0) is 0 Å². The quantitative estimate of drug-likeness (QED) is 0.606. The minimum absolute atomic E-state index is 0.0204. The Morgan fingerprint density at radius 2 is 2.29 bits per heavy atom. The van der Waals surface area contributed by atoms with Crippen molar-refractivity contribution in [3.8, 4) is 0 Å². The summed E-state index contributed by atoms with van der Waals surface area (Å²) in [5.74, 6) is 0.824. The van der Waals surface area contributed by atoms with Crippen LogP contribution in [0.1, 0.15) is 43.5 Å². The number of carbonyl (C=O) groups excluding carboxylic acids is 1. The van der Waals surface area contributed by atoms with Crippen molar-refractivity contribution in [3.63, 3.8) is 0 Å². The van der Waals surface area contributed by atoms with E-state index in [1.807, 2.05) is 12.1 Å². The number of carbonyl (C=O) groups is 1. The van der Waals surface area contributed by atoms with Crippen LogP contribution in [0, 0.1) is 5.92 Å². The first-order chi connectivity index (χ1) is 8.11. The normalized spacial score (nSPS) is 22.2. The highest BCUT2D eigenvalue weighted by molar-refractivity contribution is 6.00. The van der Waals surface area contributed by atoms with Gasteiger partial charge in [-0.15, -0.1) is 0 Å². The van der Waals surface area contributed by atoms with Crippen molar-refractivity contribution in [1.82, 2.24) is 0 Å². The van der Waals surface area contributed by atoms with E-state index in [1.54, 1.807) is 13.0 Å². The predicted molar refractivity (Wildman–Crippen MR) is 71.3 cm³/mol. The van der Waals surface area contributed by atoms with E-state index in [0.29, 0.717) is 17.3 Å². The summed E-state index contributed by atoms with van der Waals surface area (Å²) in [5.41, 5.74) is 7.94. The van der Waals surface area contributed by atoms with Crippen molar-refractivity contribution < 1.29 is 4.79 Å². The number of nitrogens with two attached hydrogens (primary N) is 1. The molecule has 0 radical (unpaired) electrons. The Hall–Kier alpha value is -1.51. The number of rotatable bonds is 5. The third kappa shape index (κ3) is 2.78. The zero-order chi connectivity index (χ0) is 12.4. The summed E-state index contributed by atoms with van der Waals surface area (Å²) < 4.78 is 0. The van der Waals surface area contributed by atoms with Crippen molar-refractivity contribution in [2.75, 3.05) is 11.1 Å².